The van der Waals surface area contributed by atoms with Gasteiger partial charge in [0, 0.05) is 16.6 Å². The number of hydrogen-bond acceptors (Lipinski definition) is 3. The molecule has 0 unspecified atom stereocenters. The Morgan fingerprint density at radius 1 is 0.852 bits per heavy atom. The molecule has 132 valence electrons. The summed E-state index contributed by atoms with van der Waals surface area (Å²) in [6.45, 7) is 0. The highest BCUT2D eigenvalue weighted by molar-refractivity contribution is 5.94. The topological polar surface area (TPSA) is 74.8 Å². The molecular weight excluding hydrogens is 338 g/mol. The number of anilines is 1. The number of para-hydroxylation sites is 1. The average molecular weight is 355 g/mol. The van der Waals surface area contributed by atoms with E-state index in [0.29, 0.717) is 11.1 Å². The molecular formula is C22H17N3O2. The highest BCUT2D eigenvalue weighted by Gasteiger charge is 2.09. The van der Waals surface area contributed by atoms with Crippen LogP contribution in [0.2, 0.25) is 0 Å². The van der Waals surface area contributed by atoms with E-state index < -0.39 is 0 Å². The molecule has 0 aliphatic rings. The molecule has 0 saturated carbocycles. The second-order valence-corrected chi connectivity index (χ2v) is 6.23. The number of aromatic nitrogens is 2. The standard InChI is InChI=1S/C22H17N3O2/c26-20(23-17-6-2-1-3-7-17)14-15-10-12-16(13-11-15)21-18-8-4-5-9-19(18)22(27)25-24-21/h1-13H,14H2,(H,23,26)(H,25,27). The van der Waals surface area contributed by atoms with Crippen LogP contribution in [0.15, 0.2) is 83.7 Å². The Labute approximate surface area is 155 Å². The zero-order valence-corrected chi connectivity index (χ0v) is 14.5. The normalized spacial score (nSPS) is 10.7. The zero-order valence-electron chi connectivity index (χ0n) is 14.5. The maximum atomic E-state index is 12.2. The molecule has 4 aromatic rings. The summed E-state index contributed by atoms with van der Waals surface area (Å²) in [6, 6.07) is 24.4. The number of nitrogens with one attached hydrogen (secondary N) is 2. The molecule has 0 bridgehead atoms. The number of hydrogen-bond donors (Lipinski definition) is 2. The van der Waals surface area contributed by atoms with Crippen molar-refractivity contribution >= 4 is 22.4 Å². The first-order valence-corrected chi connectivity index (χ1v) is 8.62. The summed E-state index contributed by atoms with van der Waals surface area (Å²) < 4.78 is 0. The highest BCUT2D eigenvalue weighted by atomic mass is 16.1. The smallest absolute Gasteiger partial charge is 0.272 e. The van der Waals surface area contributed by atoms with Gasteiger partial charge in [0.2, 0.25) is 5.91 Å². The third-order valence-electron chi connectivity index (χ3n) is 4.35. The van der Waals surface area contributed by atoms with Crippen LogP contribution in [-0.4, -0.2) is 16.1 Å². The van der Waals surface area contributed by atoms with E-state index in [4.69, 9.17) is 0 Å². The molecule has 1 amide bonds. The molecule has 0 saturated heterocycles. The summed E-state index contributed by atoms with van der Waals surface area (Å²) >= 11 is 0. The number of amides is 1. The van der Waals surface area contributed by atoms with E-state index in [1.54, 1.807) is 6.07 Å². The number of carbonyl (C=O) groups is 1. The van der Waals surface area contributed by atoms with Gasteiger partial charge in [-0.1, -0.05) is 60.7 Å². The largest absolute Gasteiger partial charge is 0.326 e. The molecule has 5 nitrogen and oxygen atoms in total. The lowest BCUT2D eigenvalue weighted by atomic mass is 10.0. The van der Waals surface area contributed by atoms with Gasteiger partial charge >= 0.3 is 0 Å². The number of carbonyl (C=O) groups excluding carboxylic acids is 1. The van der Waals surface area contributed by atoms with Crippen molar-refractivity contribution in [3.63, 3.8) is 0 Å². The fourth-order valence-electron chi connectivity index (χ4n) is 3.03. The second-order valence-electron chi connectivity index (χ2n) is 6.23. The Morgan fingerprint density at radius 3 is 2.26 bits per heavy atom. The molecule has 0 radical (unpaired) electrons. The van der Waals surface area contributed by atoms with Gasteiger partial charge in [0.1, 0.15) is 0 Å². The van der Waals surface area contributed by atoms with Crippen LogP contribution in [0.3, 0.4) is 0 Å². The van der Waals surface area contributed by atoms with Crippen molar-refractivity contribution in [1.29, 1.82) is 0 Å². The molecule has 0 spiro atoms. The van der Waals surface area contributed by atoms with E-state index in [9.17, 15) is 9.59 Å². The summed E-state index contributed by atoms with van der Waals surface area (Å²) in [5.74, 6) is -0.0680. The third kappa shape index (κ3) is 3.62. The fraction of sp³-hybridized carbons (Fsp3) is 0.0455. The van der Waals surface area contributed by atoms with Crippen LogP contribution in [-0.2, 0) is 11.2 Å². The number of H-pyrrole nitrogens is 1. The van der Waals surface area contributed by atoms with Crippen LogP contribution in [0.25, 0.3) is 22.0 Å². The minimum atomic E-state index is -0.205. The Balaban J connectivity index is 1.55. The van der Waals surface area contributed by atoms with Gasteiger partial charge in [0.05, 0.1) is 17.5 Å². The van der Waals surface area contributed by atoms with Gasteiger partial charge < -0.3 is 5.32 Å². The van der Waals surface area contributed by atoms with E-state index in [1.165, 1.54) is 0 Å². The van der Waals surface area contributed by atoms with Crippen molar-refractivity contribution < 1.29 is 4.79 Å². The molecule has 5 heteroatoms. The highest BCUT2D eigenvalue weighted by Crippen LogP contribution is 2.24. The van der Waals surface area contributed by atoms with E-state index in [0.717, 1.165) is 22.2 Å². The maximum Gasteiger partial charge on any atom is 0.272 e. The summed E-state index contributed by atoms with van der Waals surface area (Å²) in [5, 5.41) is 11.0. The molecule has 1 aromatic heterocycles. The third-order valence-corrected chi connectivity index (χ3v) is 4.35. The van der Waals surface area contributed by atoms with Crippen LogP contribution < -0.4 is 10.9 Å². The van der Waals surface area contributed by atoms with Crippen molar-refractivity contribution in [2.75, 3.05) is 5.32 Å². The zero-order chi connectivity index (χ0) is 18.6. The van der Waals surface area contributed by atoms with Crippen molar-refractivity contribution in [1.82, 2.24) is 10.2 Å². The van der Waals surface area contributed by atoms with Crippen molar-refractivity contribution in [2.24, 2.45) is 0 Å². The van der Waals surface area contributed by atoms with Crippen LogP contribution in [0.5, 0.6) is 0 Å². The molecule has 0 fully saturated rings. The van der Waals surface area contributed by atoms with Gasteiger partial charge in [-0.05, 0) is 23.8 Å². The minimum absolute atomic E-state index is 0.0680. The number of fused-ring (bicyclic) bond motifs is 1. The first kappa shape index (κ1) is 16.7. The Bertz CT molecular complexity index is 1150. The van der Waals surface area contributed by atoms with Gasteiger partial charge in [0.25, 0.3) is 5.56 Å². The monoisotopic (exact) mass is 355 g/mol. The van der Waals surface area contributed by atoms with E-state index >= 15 is 0 Å². The molecule has 1 heterocycles. The lowest BCUT2D eigenvalue weighted by molar-refractivity contribution is -0.115. The maximum absolute atomic E-state index is 12.2. The summed E-state index contributed by atoms with van der Waals surface area (Å²) in [7, 11) is 0. The molecule has 4 rings (SSSR count). The van der Waals surface area contributed by atoms with Crippen LogP contribution in [0.4, 0.5) is 5.69 Å². The van der Waals surface area contributed by atoms with E-state index in [-0.39, 0.29) is 17.9 Å². The van der Waals surface area contributed by atoms with Gasteiger partial charge in [-0.15, -0.1) is 0 Å². The SMILES string of the molecule is O=C(Cc1ccc(-c2n[nH]c(=O)c3ccccc23)cc1)Nc1ccccc1. The van der Waals surface area contributed by atoms with Crippen LogP contribution >= 0.6 is 0 Å². The number of rotatable bonds is 4. The quantitative estimate of drug-likeness (QED) is 0.585. The van der Waals surface area contributed by atoms with Crippen molar-refractivity contribution in [2.45, 2.75) is 6.42 Å². The van der Waals surface area contributed by atoms with Crippen molar-refractivity contribution in [3.05, 3.63) is 94.8 Å². The van der Waals surface area contributed by atoms with Crippen molar-refractivity contribution in [3.8, 4) is 11.3 Å². The lowest BCUT2D eigenvalue weighted by Crippen LogP contribution is -2.14. The molecule has 0 aliphatic carbocycles. The number of benzene rings is 3. The van der Waals surface area contributed by atoms with E-state index in [2.05, 4.69) is 15.5 Å². The van der Waals surface area contributed by atoms with Gasteiger partial charge in [-0.25, -0.2) is 5.10 Å². The van der Waals surface area contributed by atoms with Crippen LogP contribution in [0, 0.1) is 0 Å². The molecule has 3 aromatic carbocycles. The average Bonchev–Trinajstić information content (AvgIpc) is 2.70. The first-order chi connectivity index (χ1) is 13.2. The Hall–Kier alpha value is -3.73. The number of aromatic amines is 1. The van der Waals surface area contributed by atoms with Gasteiger partial charge in [0.15, 0.2) is 0 Å². The predicted octanol–water partition coefficient (Wildman–Crippen LogP) is 3.77. The molecule has 0 atom stereocenters. The lowest BCUT2D eigenvalue weighted by Gasteiger charge is -2.07. The molecule has 27 heavy (non-hydrogen) atoms. The minimum Gasteiger partial charge on any atom is -0.326 e. The Morgan fingerprint density at radius 2 is 1.52 bits per heavy atom. The first-order valence-electron chi connectivity index (χ1n) is 8.62. The summed E-state index contributed by atoms with van der Waals surface area (Å²) in [6.07, 6.45) is 0.287. The molecule has 2 N–H and O–H groups in total. The number of nitrogens with zero attached hydrogens (tertiary/aromatic N) is 1. The predicted molar refractivity (Wildman–Crippen MR) is 107 cm³/mol. The summed E-state index contributed by atoms with van der Waals surface area (Å²) in [4.78, 5) is 24.1. The van der Waals surface area contributed by atoms with Gasteiger partial charge in [-0.2, -0.15) is 5.10 Å². The fourth-order valence-corrected chi connectivity index (χ4v) is 3.03. The van der Waals surface area contributed by atoms with E-state index in [1.807, 2.05) is 72.8 Å². The second kappa shape index (κ2) is 7.25. The summed E-state index contributed by atoms with van der Waals surface area (Å²) in [5.41, 5.74) is 3.08. The Kier molecular flexibility index (Phi) is 4.49. The van der Waals surface area contributed by atoms with Gasteiger partial charge in [-0.3, -0.25) is 9.59 Å². The molecule has 0 aliphatic heterocycles. The van der Waals surface area contributed by atoms with Crippen LogP contribution in [0.1, 0.15) is 5.56 Å².